The van der Waals surface area contributed by atoms with E-state index in [2.05, 4.69) is 10.6 Å². The highest BCUT2D eigenvalue weighted by atomic mass is 16.2. The third-order valence-electron chi connectivity index (χ3n) is 3.39. The van der Waals surface area contributed by atoms with Crippen LogP contribution in [0.2, 0.25) is 0 Å². The van der Waals surface area contributed by atoms with Gasteiger partial charge in [0.1, 0.15) is 0 Å². The summed E-state index contributed by atoms with van der Waals surface area (Å²) in [6.45, 7) is 6.82. The Morgan fingerprint density at radius 3 is 2.79 bits per heavy atom. The third-order valence-corrected chi connectivity index (χ3v) is 3.39. The lowest BCUT2D eigenvalue weighted by molar-refractivity contribution is -0.115. The highest BCUT2D eigenvalue weighted by Crippen LogP contribution is 2.24. The second-order valence-corrected chi connectivity index (χ2v) is 5.24. The molecule has 1 aliphatic heterocycles. The number of nitrogens with one attached hydrogen (secondary N) is 2. The minimum Gasteiger partial charge on any atom is -0.326 e. The summed E-state index contributed by atoms with van der Waals surface area (Å²) in [4.78, 5) is 23.8. The first-order valence-corrected chi connectivity index (χ1v) is 6.73. The van der Waals surface area contributed by atoms with Crippen molar-refractivity contribution < 1.29 is 9.59 Å². The molecule has 1 aromatic carbocycles. The van der Waals surface area contributed by atoms with E-state index in [0.29, 0.717) is 12.0 Å². The minimum atomic E-state index is -0.173. The van der Waals surface area contributed by atoms with Crippen LogP contribution < -0.4 is 10.6 Å². The van der Waals surface area contributed by atoms with Crippen molar-refractivity contribution in [1.29, 1.82) is 0 Å². The molecular formula is C15H20N2O2. The van der Waals surface area contributed by atoms with Crippen LogP contribution in [0.25, 0.3) is 0 Å². The third kappa shape index (κ3) is 2.84. The predicted molar refractivity (Wildman–Crippen MR) is 75.4 cm³/mol. The monoisotopic (exact) mass is 260 g/mol. The molecule has 19 heavy (non-hydrogen) atoms. The zero-order valence-corrected chi connectivity index (χ0v) is 11.6. The molecule has 1 amide bonds. The van der Waals surface area contributed by atoms with Gasteiger partial charge in [-0.05, 0) is 36.2 Å². The zero-order valence-electron chi connectivity index (χ0n) is 11.6. The average Bonchev–Trinajstić information content (AvgIpc) is 2.73. The summed E-state index contributed by atoms with van der Waals surface area (Å²) in [7, 11) is 0. The Balaban J connectivity index is 2.24. The molecule has 0 saturated heterocycles. The number of Topliss-reactive ketones (excluding diaryl/α,β-unsaturated/α-hetero) is 1. The van der Waals surface area contributed by atoms with Crippen LogP contribution in [0.5, 0.6) is 0 Å². The molecule has 1 atom stereocenters. The van der Waals surface area contributed by atoms with Crippen molar-refractivity contribution >= 4 is 17.4 Å². The maximum Gasteiger partial charge on any atom is 0.228 e. The van der Waals surface area contributed by atoms with Gasteiger partial charge in [-0.2, -0.15) is 0 Å². The molecule has 0 saturated carbocycles. The van der Waals surface area contributed by atoms with Crippen molar-refractivity contribution in [3.8, 4) is 0 Å². The summed E-state index contributed by atoms with van der Waals surface area (Å²) >= 11 is 0. The number of fused-ring (bicyclic) bond motifs is 1. The molecule has 2 rings (SSSR count). The molecule has 0 aromatic heterocycles. The number of ketones is 1. The first-order chi connectivity index (χ1) is 9.02. The molecule has 0 radical (unpaired) electrons. The van der Waals surface area contributed by atoms with Crippen molar-refractivity contribution in [1.82, 2.24) is 5.32 Å². The molecule has 2 N–H and O–H groups in total. The molecule has 0 bridgehead atoms. The maximum absolute atomic E-state index is 12.5. The van der Waals surface area contributed by atoms with Gasteiger partial charge in [0.25, 0.3) is 0 Å². The number of carbonyl (C=O) groups excluding carboxylic acids is 2. The Bertz CT molecular complexity index is 509. The normalized spacial score (nSPS) is 15.3. The number of benzene rings is 1. The Morgan fingerprint density at radius 2 is 2.16 bits per heavy atom. The molecule has 1 heterocycles. The Kier molecular flexibility index (Phi) is 4.00. The van der Waals surface area contributed by atoms with Crippen molar-refractivity contribution in [2.75, 3.05) is 11.9 Å². The number of hydrogen-bond acceptors (Lipinski definition) is 3. The lowest BCUT2D eigenvalue weighted by Gasteiger charge is -2.20. The summed E-state index contributed by atoms with van der Waals surface area (Å²) in [5.41, 5.74) is 2.41. The van der Waals surface area contributed by atoms with E-state index in [1.54, 1.807) is 6.07 Å². The molecule has 1 unspecified atom stereocenters. The Hall–Kier alpha value is -1.68. The average molecular weight is 260 g/mol. The van der Waals surface area contributed by atoms with Gasteiger partial charge in [-0.1, -0.05) is 20.8 Å². The van der Waals surface area contributed by atoms with Gasteiger partial charge in [-0.25, -0.2) is 0 Å². The highest BCUT2D eigenvalue weighted by molar-refractivity contribution is 6.04. The summed E-state index contributed by atoms with van der Waals surface area (Å²) < 4.78 is 0. The van der Waals surface area contributed by atoms with E-state index in [-0.39, 0.29) is 23.7 Å². The van der Waals surface area contributed by atoms with Crippen molar-refractivity contribution in [2.24, 2.45) is 5.92 Å². The van der Waals surface area contributed by atoms with Gasteiger partial charge in [0.05, 0.1) is 12.5 Å². The molecule has 4 heteroatoms. The van der Waals surface area contributed by atoms with Gasteiger partial charge in [-0.15, -0.1) is 0 Å². The number of hydrogen-bond donors (Lipinski definition) is 2. The molecule has 0 fully saturated rings. The molecule has 1 aromatic rings. The summed E-state index contributed by atoms with van der Waals surface area (Å²) in [6.07, 6.45) is 0.365. The van der Waals surface area contributed by atoms with E-state index in [1.165, 1.54) is 0 Å². The first-order valence-electron chi connectivity index (χ1n) is 6.73. The van der Waals surface area contributed by atoms with E-state index in [1.807, 2.05) is 32.9 Å². The lowest BCUT2D eigenvalue weighted by atomic mass is 9.93. The van der Waals surface area contributed by atoms with Gasteiger partial charge in [-0.3, -0.25) is 9.59 Å². The Labute approximate surface area is 113 Å². The van der Waals surface area contributed by atoms with Crippen molar-refractivity contribution in [3.05, 3.63) is 29.3 Å². The number of amides is 1. The van der Waals surface area contributed by atoms with Crippen LogP contribution in [0.1, 0.15) is 36.7 Å². The number of rotatable bonds is 5. The predicted octanol–water partition coefficient (Wildman–Crippen LogP) is 2.00. The van der Waals surface area contributed by atoms with Crippen LogP contribution in [0.4, 0.5) is 5.69 Å². The second-order valence-electron chi connectivity index (χ2n) is 5.24. The van der Waals surface area contributed by atoms with Crippen LogP contribution in [0.15, 0.2) is 18.2 Å². The van der Waals surface area contributed by atoms with Gasteiger partial charge in [0.2, 0.25) is 5.91 Å². The van der Waals surface area contributed by atoms with Crippen LogP contribution in [0, 0.1) is 5.92 Å². The quantitative estimate of drug-likeness (QED) is 0.796. The van der Waals surface area contributed by atoms with Crippen LogP contribution >= 0.6 is 0 Å². The minimum absolute atomic E-state index is 0.00769. The van der Waals surface area contributed by atoms with Crippen LogP contribution in [0.3, 0.4) is 0 Å². The summed E-state index contributed by atoms with van der Waals surface area (Å²) in [6, 6.07) is 5.27. The van der Waals surface area contributed by atoms with E-state index < -0.39 is 0 Å². The summed E-state index contributed by atoms with van der Waals surface area (Å²) in [5, 5.41) is 6.00. The lowest BCUT2D eigenvalue weighted by Crippen LogP contribution is -2.40. The van der Waals surface area contributed by atoms with E-state index >= 15 is 0 Å². The molecule has 102 valence electrons. The molecule has 4 nitrogen and oxygen atoms in total. The highest BCUT2D eigenvalue weighted by Gasteiger charge is 2.24. The van der Waals surface area contributed by atoms with Gasteiger partial charge in [0.15, 0.2) is 5.78 Å². The van der Waals surface area contributed by atoms with E-state index in [0.717, 1.165) is 17.8 Å². The van der Waals surface area contributed by atoms with Crippen LogP contribution in [-0.2, 0) is 11.2 Å². The molecule has 0 aliphatic carbocycles. The van der Waals surface area contributed by atoms with Crippen molar-refractivity contribution in [3.63, 3.8) is 0 Å². The van der Waals surface area contributed by atoms with Gasteiger partial charge < -0.3 is 10.6 Å². The van der Waals surface area contributed by atoms with Crippen LogP contribution in [-0.4, -0.2) is 24.3 Å². The first kappa shape index (κ1) is 13.7. The SMILES string of the molecule is CCNC(C(=O)c1ccc2c(c1)CC(=O)N2)C(C)C. The van der Waals surface area contributed by atoms with Gasteiger partial charge in [0, 0.05) is 11.3 Å². The zero-order chi connectivity index (χ0) is 14.0. The standard InChI is InChI=1S/C15H20N2O2/c1-4-16-14(9(2)3)15(19)10-5-6-12-11(7-10)8-13(18)17-12/h5-7,9,14,16H,4,8H2,1-3H3,(H,17,18). The fourth-order valence-electron chi connectivity index (χ4n) is 2.41. The fourth-order valence-corrected chi connectivity index (χ4v) is 2.41. The number of anilines is 1. The van der Waals surface area contributed by atoms with Crippen molar-refractivity contribution in [2.45, 2.75) is 33.2 Å². The topological polar surface area (TPSA) is 58.2 Å². The maximum atomic E-state index is 12.5. The molecular weight excluding hydrogens is 240 g/mol. The fraction of sp³-hybridized carbons (Fsp3) is 0.467. The largest absolute Gasteiger partial charge is 0.326 e. The molecule has 1 aliphatic rings. The van der Waals surface area contributed by atoms with E-state index in [9.17, 15) is 9.59 Å². The smallest absolute Gasteiger partial charge is 0.228 e. The second kappa shape index (κ2) is 5.53. The number of carbonyl (C=O) groups is 2. The van der Waals surface area contributed by atoms with E-state index in [4.69, 9.17) is 0 Å². The Morgan fingerprint density at radius 1 is 1.42 bits per heavy atom. The summed E-state index contributed by atoms with van der Waals surface area (Å²) in [5.74, 6) is 0.325. The molecule has 0 spiro atoms. The number of likely N-dealkylation sites (N-methyl/N-ethyl adjacent to an activating group) is 1. The van der Waals surface area contributed by atoms with Gasteiger partial charge >= 0.3 is 0 Å².